The molecule has 0 aliphatic rings. The summed E-state index contributed by atoms with van der Waals surface area (Å²) in [5, 5.41) is 3.67. The van der Waals surface area contributed by atoms with Crippen molar-refractivity contribution in [1.82, 2.24) is 14.5 Å². The van der Waals surface area contributed by atoms with Crippen LogP contribution in [0.5, 0.6) is 0 Å². The van der Waals surface area contributed by atoms with Crippen molar-refractivity contribution in [1.29, 1.82) is 0 Å². The molecule has 2 amide bonds. The number of nitrogens with zero attached hydrogens (tertiary/aromatic N) is 3. The van der Waals surface area contributed by atoms with Gasteiger partial charge in [-0.1, -0.05) is 84.7 Å². The third-order valence-electron chi connectivity index (χ3n) is 6.24. The summed E-state index contributed by atoms with van der Waals surface area (Å²) in [6.45, 7) is 1.81. The largest absolute Gasteiger partial charge is 0.354 e. The fourth-order valence-electron chi connectivity index (χ4n) is 4.06. The lowest BCUT2D eigenvalue weighted by Gasteiger charge is -2.34. The lowest BCUT2D eigenvalue weighted by atomic mass is 10.0. The van der Waals surface area contributed by atoms with E-state index in [1.165, 1.54) is 19.0 Å². The summed E-state index contributed by atoms with van der Waals surface area (Å²) in [6, 6.07) is 21.7. The van der Waals surface area contributed by atoms with Gasteiger partial charge in [0.1, 0.15) is 12.6 Å². The third-order valence-corrected chi connectivity index (χ3v) is 8.65. The molecule has 214 valence electrons. The van der Waals surface area contributed by atoms with Crippen LogP contribution in [0.2, 0.25) is 10.0 Å². The first-order valence-electron chi connectivity index (χ1n) is 12.8. The molecule has 0 radical (unpaired) electrons. The molecule has 0 aliphatic carbocycles. The van der Waals surface area contributed by atoms with E-state index in [0.717, 1.165) is 14.2 Å². The molecule has 3 aromatic rings. The number of amides is 2. The molecule has 3 rings (SSSR count). The second-order valence-electron chi connectivity index (χ2n) is 9.39. The van der Waals surface area contributed by atoms with Crippen LogP contribution in [0.1, 0.15) is 24.5 Å². The number of para-hydroxylation sites is 1. The van der Waals surface area contributed by atoms with Crippen LogP contribution < -0.4 is 9.62 Å². The highest BCUT2D eigenvalue weighted by atomic mass is 35.5. The van der Waals surface area contributed by atoms with Crippen molar-refractivity contribution in [3.05, 3.63) is 100 Å². The van der Waals surface area contributed by atoms with Crippen LogP contribution >= 0.6 is 23.2 Å². The zero-order valence-electron chi connectivity index (χ0n) is 22.8. The number of hydrogen-bond acceptors (Lipinski definition) is 4. The number of hydrogen-bond donors (Lipinski definition) is 1. The molecule has 8 nitrogen and oxygen atoms in total. The van der Waals surface area contributed by atoms with Crippen LogP contribution in [0.25, 0.3) is 0 Å². The first-order valence-corrected chi connectivity index (χ1v) is 15.0. The molecule has 0 bridgehead atoms. The molecular weight excluding hydrogens is 571 g/mol. The van der Waals surface area contributed by atoms with Crippen LogP contribution in [-0.4, -0.2) is 62.7 Å². The number of rotatable bonds is 13. The first-order chi connectivity index (χ1) is 19.0. The van der Waals surface area contributed by atoms with Crippen molar-refractivity contribution in [3.8, 4) is 0 Å². The van der Waals surface area contributed by atoms with Gasteiger partial charge >= 0.3 is 10.2 Å². The molecule has 0 aromatic heterocycles. The van der Waals surface area contributed by atoms with E-state index in [2.05, 4.69) is 5.32 Å². The number of benzene rings is 3. The topological polar surface area (TPSA) is 90.0 Å². The van der Waals surface area contributed by atoms with Gasteiger partial charge in [-0.15, -0.1) is 0 Å². The molecule has 0 unspecified atom stereocenters. The highest BCUT2D eigenvalue weighted by molar-refractivity contribution is 7.90. The third kappa shape index (κ3) is 8.20. The fraction of sp³-hybridized carbons (Fsp3) is 0.310. The smallest absolute Gasteiger partial charge is 0.304 e. The van der Waals surface area contributed by atoms with Crippen molar-refractivity contribution in [2.45, 2.75) is 32.4 Å². The summed E-state index contributed by atoms with van der Waals surface area (Å²) in [6.07, 6.45) is 0.933. The average molecular weight is 606 g/mol. The number of nitrogens with one attached hydrogen (secondary N) is 1. The molecule has 0 saturated carbocycles. The minimum atomic E-state index is -4.05. The van der Waals surface area contributed by atoms with Gasteiger partial charge in [0, 0.05) is 43.7 Å². The van der Waals surface area contributed by atoms with E-state index < -0.39 is 28.7 Å². The maximum atomic E-state index is 14.1. The lowest BCUT2D eigenvalue weighted by Crippen LogP contribution is -2.54. The molecule has 40 heavy (non-hydrogen) atoms. The normalized spacial score (nSPS) is 12.2. The van der Waals surface area contributed by atoms with Crippen LogP contribution in [0.4, 0.5) is 5.69 Å². The molecule has 11 heteroatoms. The van der Waals surface area contributed by atoms with Crippen molar-refractivity contribution >= 4 is 50.9 Å². The van der Waals surface area contributed by atoms with Gasteiger partial charge < -0.3 is 10.2 Å². The Kier molecular flexibility index (Phi) is 11.4. The van der Waals surface area contributed by atoms with Crippen LogP contribution in [-0.2, 0) is 32.8 Å². The molecule has 0 fully saturated rings. The monoisotopic (exact) mass is 604 g/mol. The Balaban J connectivity index is 2.09. The Labute approximate surface area is 246 Å². The maximum absolute atomic E-state index is 14.1. The Bertz CT molecular complexity index is 1390. The summed E-state index contributed by atoms with van der Waals surface area (Å²) in [5.74, 6) is -0.904. The summed E-state index contributed by atoms with van der Waals surface area (Å²) in [5.41, 5.74) is 1.74. The van der Waals surface area contributed by atoms with E-state index in [0.29, 0.717) is 34.3 Å². The zero-order chi connectivity index (χ0) is 29.3. The van der Waals surface area contributed by atoms with Crippen molar-refractivity contribution < 1.29 is 18.0 Å². The minimum Gasteiger partial charge on any atom is -0.354 e. The van der Waals surface area contributed by atoms with E-state index in [9.17, 15) is 18.0 Å². The number of carbonyl (C=O) groups excluding carboxylic acids is 2. The predicted octanol–water partition coefficient (Wildman–Crippen LogP) is 4.77. The van der Waals surface area contributed by atoms with Crippen molar-refractivity contribution in [2.24, 2.45) is 0 Å². The minimum absolute atomic E-state index is 0.0312. The van der Waals surface area contributed by atoms with Crippen LogP contribution in [0.3, 0.4) is 0 Å². The van der Waals surface area contributed by atoms with Crippen LogP contribution in [0, 0.1) is 0 Å². The van der Waals surface area contributed by atoms with Gasteiger partial charge in [-0.05, 0) is 41.8 Å². The van der Waals surface area contributed by atoms with Crippen molar-refractivity contribution in [3.63, 3.8) is 0 Å². The Morgan fingerprint density at radius 3 is 2.12 bits per heavy atom. The standard InChI is InChI=1S/C29H34Cl2N4O4S/c1-4-17-32-29(37)27(18-22-11-7-5-8-12-22)34(20-23-15-16-24(30)19-26(23)31)28(36)21-35(40(38,39)33(2)3)25-13-9-6-10-14-25/h5-16,19,27H,4,17-18,20-21H2,1-3H3,(H,32,37)/t27-/m0/s1. The molecule has 0 spiro atoms. The zero-order valence-corrected chi connectivity index (χ0v) is 25.1. The highest BCUT2D eigenvalue weighted by Gasteiger charge is 2.34. The summed E-state index contributed by atoms with van der Waals surface area (Å²) >= 11 is 12.6. The SMILES string of the molecule is CCCNC(=O)[C@H](Cc1ccccc1)N(Cc1ccc(Cl)cc1Cl)C(=O)CN(c1ccccc1)S(=O)(=O)N(C)C. The summed E-state index contributed by atoms with van der Waals surface area (Å²) < 4.78 is 28.8. The Morgan fingerprint density at radius 1 is 0.925 bits per heavy atom. The van der Waals surface area contributed by atoms with E-state index >= 15 is 0 Å². The average Bonchev–Trinajstić information content (AvgIpc) is 2.94. The highest BCUT2D eigenvalue weighted by Crippen LogP contribution is 2.25. The molecule has 0 heterocycles. The van der Waals surface area contributed by atoms with E-state index in [1.807, 2.05) is 37.3 Å². The number of carbonyl (C=O) groups is 2. The van der Waals surface area contributed by atoms with Gasteiger partial charge in [-0.25, -0.2) is 4.31 Å². The molecule has 3 aromatic carbocycles. The molecule has 1 N–H and O–H groups in total. The van der Waals surface area contributed by atoms with E-state index in [1.54, 1.807) is 48.5 Å². The molecule has 1 atom stereocenters. The summed E-state index contributed by atoms with van der Waals surface area (Å²) in [4.78, 5) is 29.1. The van der Waals surface area contributed by atoms with Gasteiger partial charge in [0.15, 0.2) is 0 Å². The first kappa shape index (κ1) is 31.4. The predicted molar refractivity (Wildman–Crippen MR) is 161 cm³/mol. The Hall–Kier alpha value is -3.11. The fourth-order valence-corrected chi connectivity index (χ4v) is 5.59. The number of halogens is 2. The molecule has 0 aliphatic heterocycles. The van der Waals surface area contributed by atoms with Gasteiger partial charge in [0.25, 0.3) is 0 Å². The van der Waals surface area contributed by atoms with E-state index in [-0.39, 0.29) is 18.9 Å². The summed E-state index contributed by atoms with van der Waals surface area (Å²) in [7, 11) is -1.25. The van der Waals surface area contributed by atoms with Crippen molar-refractivity contribution in [2.75, 3.05) is 31.5 Å². The van der Waals surface area contributed by atoms with Gasteiger partial charge in [-0.2, -0.15) is 12.7 Å². The quantitative estimate of drug-likeness (QED) is 0.304. The van der Waals surface area contributed by atoms with Crippen LogP contribution in [0.15, 0.2) is 78.9 Å². The lowest BCUT2D eigenvalue weighted by molar-refractivity contribution is -0.140. The maximum Gasteiger partial charge on any atom is 0.304 e. The second-order valence-corrected chi connectivity index (χ2v) is 12.3. The molecular formula is C29H34Cl2N4O4S. The van der Waals surface area contributed by atoms with E-state index in [4.69, 9.17) is 23.2 Å². The van der Waals surface area contributed by atoms with Gasteiger partial charge in [0.2, 0.25) is 11.8 Å². The Morgan fingerprint density at radius 2 is 1.55 bits per heavy atom. The van der Waals surface area contributed by atoms with Gasteiger partial charge in [0.05, 0.1) is 5.69 Å². The van der Waals surface area contributed by atoms with Gasteiger partial charge in [-0.3, -0.25) is 9.59 Å². The number of anilines is 1. The molecule has 0 saturated heterocycles. The second kappa shape index (κ2) is 14.5.